The minimum absolute atomic E-state index is 0.0600. The summed E-state index contributed by atoms with van der Waals surface area (Å²) in [6.07, 6.45) is 7.03. The molecule has 2 aromatic heterocycles. The van der Waals surface area contributed by atoms with Crippen LogP contribution >= 0.6 is 11.3 Å². The van der Waals surface area contributed by atoms with Gasteiger partial charge < -0.3 is 9.47 Å². The summed E-state index contributed by atoms with van der Waals surface area (Å²) >= 11 is 1.69. The van der Waals surface area contributed by atoms with Gasteiger partial charge in [0, 0.05) is 10.9 Å². The number of ether oxygens (including phenoxy) is 2. The molecule has 7 nitrogen and oxygen atoms in total. The topological polar surface area (TPSA) is 87.4 Å². The van der Waals surface area contributed by atoms with E-state index >= 15 is 0 Å². The monoisotopic (exact) mass is 371 g/mol. The smallest absolute Gasteiger partial charge is 0.273 e. The maximum Gasteiger partial charge on any atom is 0.273 e. The van der Waals surface area contributed by atoms with Gasteiger partial charge in [0.15, 0.2) is 11.5 Å². The van der Waals surface area contributed by atoms with E-state index < -0.39 is 4.92 Å². The molecule has 0 saturated heterocycles. The third-order valence-electron chi connectivity index (χ3n) is 4.53. The first-order valence-electron chi connectivity index (χ1n) is 8.43. The summed E-state index contributed by atoms with van der Waals surface area (Å²) in [7, 11) is 1.50. The van der Waals surface area contributed by atoms with E-state index in [0.717, 1.165) is 29.5 Å². The molecule has 1 aliphatic rings. The second-order valence-electron chi connectivity index (χ2n) is 6.12. The Kier molecular flexibility index (Phi) is 4.42. The molecule has 0 N–H and O–H groups in total. The molecular weight excluding hydrogens is 354 g/mol. The van der Waals surface area contributed by atoms with Crippen LogP contribution in [0.15, 0.2) is 24.5 Å². The highest BCUT2D eigenvalue weighted by Gasteiger charge is 2.21. The molecule has 26 heavy (non-hydrogen) atoms. The van der Waals surface area contributed by atoms with E-state index in [4.69, 9.17) is 9.47 Å². The molecular formula is C18H17N3O4S. The molecule has 0 spiro atoms. The number of methoxy groups -OCH3 is 1. The van der Waals surface area contributed by atoms with Crippen molar-refractivity contribution in [3.63, 3.8) is 0 Å². The van der Waals surface area contributed by atoms with Gasteiger partial charge in [-0.3, -0.25) is 10.1 Å². The first-order chi connectivity index (χ1) is 12.7. The van der Waals surface area contributed by atoms with Crippen LogP contribution in [-0.2, 0) is 12.8 Å². The minimum atomic E-state index is -0.460. The zero-order valence-electron chi connectivity index (χ0n) is 14.2. The second kappa shape index (κ2) is 6.87. The number of rotatable bonds is 4. The van der Waals surface area contributed by atoms with E-state index in [9.17, 15) is 10.1 Å². The Morgan fingerprint density at radius 3 is 2.81 bits per heavy atom. The van der Waals surface area contributed by atoms with Crippen molar-refractivity contribution in [2.75, 3.05) is 7.11 Å². The van der Waals surface area contributed by atoms with Gasteiger partial charge in [0.05, 0.1) is 23.5 Å². The average molecular weight is 371 g/mol. The van der Waals surface area contributed by atoms with Gasteiger partial charge in [0.25, 0.3) is 5.69 Å². The maximum atomic E-state index is 11.1. The molecule has 1 aromatic carbocycles. The number of hydrogen-bond acceptors (Lipinski definition) is 7. The number of aryl methyl sites for hydroxylation is 2. The zero-order chi connectivity index (χ0) is 18.1. The summed E-state index contributed by atoms with van der Waals surface area (Å²) in [4.78, 5) is 21.6. The Morgan fingerprint density at radius 2 is 2.00 bits per heavy atom. The number of aromatic nitrogens is 2. The van der Waals surface area contributed by atoms with E-state index in [2.05, 4.69) is 9.97 Å². The molecule has 0 saturated carbocycles. The lowest BCUT2D eigenvalue weighted by Crippen LogP contribution is -1.96. The predicted octanol–water partition coefficient (Wildman–Crippen LogP) is 4.67. The zero-order valence-corrected chi connectivity index (χ0v) is 15.0. The SMILES string of the molecule is COc1ccc([N+](=O)[O-])cc1Oc1ncnc2sc3c(c12)CCCCC3. The van der Waals surface area contributed by atoms with Crippen molar-refractivity contribution >= 4 is 27.2 Å². The number of hydrogen-bond donors (Lipinski definition) is 0. The van der Waals surface area contributed by atoms with Gasteiger partial charge in [-0.15, -0.1) is 11.3 Å². The third-order valence-corrected chi connectivity index (χ3v) is 5.73. The Bertz CT molecular complexity index is 986. The lowest BCUT2D eigenvalue weighted by molar-refractivity contribution is -0.384. The number of nitrogens with zero attached hydrogens (tertiary/aromatic N) is 3. The van der Waals surface area contributed by atoms with Crippen LogP contribution in [0, 0.1) is 10.1 Å². The molecule has 0 amide bonds. The van der Waals surface area contributed by atoms with Crippen molar-refractivity contribution in [3.05, 3.63) is 45.1 Å². The summed E-state index contributed by atoms with van der Waals surface area (Å²) in [5.41, 5.74) is 1.19. The third kappa shape index (κ3) is 2.96. The number of non-ortho nitro benzene ring substituents is 1. The van der Waals surface area contributed by atoms with Crippen LogP contribution in [0.25, 0.3) is 10.2 Å². The average Bonchev–Trinajstić information content (AvgIpc) is 2.84. The van der Waals surface area contributed by atoms with Crippen LogP contribution in [0.2, 0.25) is 0 Å². The molecule has 8 heteroatoms. The molecule has 4 rings (SSSR count). The number of benzene rings is 1. The Morgan fingerprint density at radius 1 is 1.15 bits per heavy atom. The fourth-order valence-corrected chi connectivity index (χ4v) is 4.50. The van der Waals surface area contributed by atoms with Crippen LogP contribution in [0.3, 0.4) is 0 Å². The molecule has 0 aliphatic heterocycles. The van der Waals surface area contributed by atoms with Gasteiger partial charge >= 0.3 is 0 Å². The second-order valence-corrected chi connectivity index (χ2v) is 7.20. The molecule has 0 bridgehead atoms. The molecule has 0 fully saturated rings. The number of thiophene rings is 1. The van der Waals surface area contributed by atoms with Crippen molar-refractivity contribution in [1.82, 2.24) is 9.97 Å². The summed E-state index contributed by atoms with van der Waals surface area (Å²) in [5.74, 6) is 1.12. The molecule has 0 unspecified atom stereocenters. The van der Waals surface area contributed by atoms with E-state index in [1.54, 1.807) is 11.3 Å². The molecule has 1 aliphatic carbocycles. The number of fused-ring (bicyclic) bond motifs is 3. The van der Waals surface area contributed by atoms with Gasteiger partial charge in [-0.1, -0.05) is 6.42 Å². The minimum Gasteiger partial charge on any atom is -0.493 e. The van der Waals surface area contributed by atoms with Crippen molar-refractivity contribution < 1.29 is 14.4 Å². The highest BCUT2D eigenvalue weighted by Crippen LogP contribution is 2.41. The van der Waals surface area contributed by atoms with Gasteiger partial charge in [0.1, 0.15) is 11.2 Å². The van der Waals surface area contributed by atoms with Crippen LogP contribution in [0.5, 0.6) is 17.4 Å². The van der Waals surface area contributed by atoms with Crippen molar-refractivity contribution in [2.45, 2.75) is 32.1 Å². The van der Waals surface area contributed by atoms with Gasteiger partial charge in [-0.2, -0.15) is 0 Å². The normalized spacial score (nSPS) is 13.9. The van der Waals surface area contributed by atoms with E-state index in [1.807, 2.05) is 0 Å². The maximum absolute atomic E-state index is 11.1. The summed E-state index contributed by atoms with van der Waals surface area (Å²) in [5, 5.41) is 12.0. The quantitative estimate of drug-likeness (QED) is 0.376. The fraction of sp³-hybridized carbons (Fsp3) is 0.333. The van der Waals surface area contributed by atoms with Gasteiger partial charge in [0.2, 0.25) is 5.88 Å². The summed E-state index contributed by atoms with van der Waals surface area (Å²) in [6, 6.07) is 4.27. The lowest BCUT2D eigenvalue weighted by Gasteiger charge is -2.10. The Labute approximate surface area is 153 Å². The predicted molar refractivity (Wildman–Crippen MR) is 98.4 cm³/mol. The first-order valence-corrected chi connectivity index (χ1v) is 9.24. The van der Waals surface area contributed by atoms with E-state index in [1.165, 1.54) is 54.9 Å². The fourth-order valence-electron chi connectivity index (χ4n) is 3.28. The highest BCUT2D eigenvalue weighted by molar-refractivity contribution is 7.18. The molecule has 0 atom stereocenters. The van der Waals surface area contributed by atoms with Gasteiger partial charge in [-0.25, -0.2) is 9.97 Å². The lowest BCUT2D eigenvalue weighted by atomic mass is 10.1. The number of nitro groups is 1. The summed E-state index contributed by atoms with van der Waals surface area (Å²) < 4.78 is 11.3. The van der Waals surface area contributed by atoms with Crippen LogP contribution < -0.4 is 9.47 Å². The van der Waals surface area contributed by atoms with E-state index in [0.29, 0.717) is 11.6 Å². The van der Waals surface area contributed by atoms with Crippen molar-refractivity contribution in [1.29, 1.82) is 0 Å². The van der Waals surface area contributed by atoms with Crippen LogP contribution in [0.4, 0.5) is 5.69 Å². The summed E-state index contributed by atoms with van der Waals surface area (Å²) in [6.45, 7) is 0. The molecule has 3 aromatic rings. The van der Waals surface area contributed by atoms with E-state index in [-0.39, 0.29) is 11.4 Å². The largest absolute Gasteiger partial charge is 0.493 e. The Hall–Kier alpha value is -2.74. The standard InChI is InChI=1S/C18H17N3O4S/c1-24-13-8-7-11(21(22)23)9-14(13)25-17-16-12-5-3-2-4-6-15(12)26-18(16)20-10-19-17/h7-10H,2-6H2,1H3. The van der Waals surface area contributed by atoms with Gasteiger partial charge in [-0.05, 0) is 37.3 Å². The number of nitro benzene ring substituents is 1. The molecule has 2 heterocycles. The highest BCUT2D eigenvalue weighted by atomic mass is 32.1. The van der Waals surface area contributed by atoms with Crippen LogP contribution in [-0.4, -0.2) is 22.0 Å². The molecule has 134 valence electrons. The van der Waals surface area contributed by atoms with Crippen molar-refractivity contribution in [3.8, 4) is 17.4 Å². The molecule has 0 radical (unpaired) electrons. The van der Waals surface area contributed by atoms with Crippen LogP contribution in [0.1, 0.15) is 29.7 Å². The first kappa shape index (κ1) is 16.7. The Balaban J connectivity index is 1.82. The van der Waals surface area contributed by atoms with Crippen molar-refractivity contribution in [2.24, 2.45) is 0 Å².